The molecule has 2 amide bonds. The summed E-state index contributed by atoms with van der Waals surface area (Å²) in [4.78, 5) is 24.2. The molecule has 0 spiro atoms. The van der Waals surface area contributed by atoms with Gasteiger partial charge in [0.25, 0.3) is 0 Å². The number of carbonyl (C=O) groups excluding carboxylic acids is 2. The van der Waals surface area contributed by atoms with Crippen LogP contribution in [-0.4, -0.2) is 18.4 Å². The van der Waals surface area contributed by atoms with Crippen molar-refractivity contribution in [2.75, 3.05) is 16.8 Å². The van der Waals surface area contributed by atoms with Gasteiger partial charge in [0.05, 0.1) is 10.7 Å². The summed E-state index contributed by atoms with van der Waals surface area (Å²) in [5, 5.41) is 3.13. The van der Waals surface area contributed by atoms with Crippen molar-refractivity contribution in [3.63, 3.8) is 0 Å². The van der Waals surface area contributed by atoms with Crippen molar-refractivity contribution in [1.82, 2.24) is 0 Å². The van der Waals surface area contributed by atoms with Gasteiger partial charge < -0.3 is 10.2 Å². The number of nitrogens with zero attached hydrogens (tertiary/aromatic N) is 1. The number of benzene rings is 1. The summed E-state index contributed by atoms with van der Waals surface area (Å²) >= 11 is 6.11. The summed E-state index contributed by atoms with van der Waals surface area (Å²) in [5.74, 6) is -0.0507. The van der Waals surface area contributed by atoms with E-state index in [4.69, 9.17) is 11.6 Å². The highest BCUT2D eigenvalue weighted by Gasteiger charge is 2.23. The van der Waals surface area contributed by atoms with Gasteiger partial charge in [-0.25, -0.2) is 0 Å². The molecule has 1 saturated heterocycles. The second kappa shape index (κ2) is 4.75. The summed E-state index contributed by atoms with van der Waals surface area (Å²) in [5.41, 5.74) is 1.35. The highest BCUT2D eigenvalue weighted by molar-refractivity contribution is 6.34. The maximum atomic E-state index is 11.6. The zero-order chi connectivity index (χ0) is 12.4. The fourth-order valence-corrected chi connectivity index (χ4v) is 2.19. The molecule has 1 N–H and O–H groups in total. The minimum absolute atomic E-state index is 0.0965. The third kappa shape index (κ3) is 2.58. The molecule has 0 saturated carbocycles. The van der Waals surface area contributed by atoms with Crippen LogP contribution in [0.1, 0.15) is 19.8 Å². The van der Waals surface area contributed by atoms with Gasteiger partial charge in [0.15, 0.2) is 0 Å². The van der Waals surface area contributed by atoms with E-state index in [1.54, 1.807) is 23.1 Å². The van der Waals surface area contributed by atoms with Crippen LogP contribution in [0.4, 0.5) is 11.4 Å². The van der Waals surface area contributed by atoms with Crippen LogP contribution < -0.4 is 10.2 Å². The van der Waals surface area contributed by atoms with Crippen molar-refractivity contribution in [1.29, 1.82) is 0 Å². The minimum atomic E-state index is -0.147. The molecule has 0 aliphatic carbocycles. The van der Waals surface area contributed by atoms with Gasteiger partial charge in [-0.15, -0.1) is 0 Å². The number of nitrogens with one attached hydrogen (secondary N) is 1. The van der Waals surface area contributed by atoms with Crippen LogP contribution in [0.3, 0.4) is 0 Å². The molecular weight excluding hydrogens is 240 g/mol. The Balaban J connectivity index is 2.25. The number of amides is 2. The van der Waals surface area contributed by atoms with Crippen LogP contribution >= 0.6 is 11.6 Å². The molecule has 0 bridgehead atoms. The smallest absolute Gasteiger partial charge is 0.227 e. The first-order chi connectivity index (χ1) is 8.08. The summed E-state index contributed by atoms with van der Waals surface area (Å²) in [6.45, 7) is 2.14. The van der Waals surface area contributed by atoms with Crippen molar-refractivity contribution in [2.24, 2.45) is 0 Å². The molecule has 5 heteroatoms. The van der Waals surface area contributed by atoms with Gasteiger partial charge in [0.1, 0.15) is 0 Å². The van der Waals surface area contributed by atoms with Gasteiger partial charge in [-0.2, -0.15) is 0 Å². The van der Waals surface area contributed by atoms with Crippen LogP contribution in [0.25, 0.3) is 0 Å². The van der Waals surface area contributed by atoms with E-state index >= 15 is 0 Å². The molecule has 1 aromatic carbocycles. The first-order valence-electron chi connectivity index (χ1n) is 5.45. The minimum Gasteiger partial charge on any atom is -0.326 e. The van der Waals surface area contributed by atoms with Crippen molar-refractivity contribution in [3.8, 4) is 0 Å². The molecule has 0 aromatic heterocycles. The molecule has 1 fully saturated rings. The molecule has 1 aromatic rings. The van der Waals surface area contributed by atoms with Gasteiger partial charge in [-0.05, 0) is 24.6 Å². The molecule has 17 heavy (non-hydrogen) atoms. The van der Waals surface area contributed by atoms with Crippen LogP contribution in [-0.2, 0) is 9.59 Å². The Kier molecular flexibility index (Phi) is 3.33. The van der Waals surface area contributed by atoms with Crippen LogP contribution in [0.2, 0.25) is 5.02 Å². The van der Waals surface area contributed by atoms with E-state index in [1.165, 1.54) is 6.92 Å². The van der Waals surface area contributed by atoms with Crippen LogP contribution in [0, 0.1) is 0 Å². The molecule has 0 radical (unpaired) electrons. The van der Waals surface area contributed by atoms with E-state index in [9.17, 15) is 9.59 Å². The lowest BCUT2D eigenvalue weighted by Gasteiger charge is -2.17. The van der Waals surface area contributed by atoms with Gasteiger partial charge in [-0.3, -0.25) is 9.59 Å². The maximum Gasteiger partial charge on any atom is 0.227 e. The largest absolute Gasteiger partial charge is 0.326 e. The highest BCUT2D eigenvalue weighted by atomic mass is 35.5. The molecule has 0 atom stereocenters. The van der Waals surface area contributed by atoms with E-state index < -0.39 is 0 Å². The Morgan fingerprint density at radius 2 is 2.24 bits per heavy atom. The highest BCUT2D eigenvalue weighted by Crippen LogP contribution is 2.31. The summed E-state index contributed by atoms with van der Waals surface area (Å²) in [6, 6.07) is 5.16. The summed E-state index contributed by atoms with van der Waals surface area (Å²) in [6.07, 6.45) is 1.44. The van der Waals surface area contributed by atoms with E-state index in [-0.39, 0.29) is 11.8 Å². The van der Waals surface area contributed by atoms with Crippen molar-refractivity contribution in [2.45, 2.75) is 19.8 Å². The quantitative estimate of drug-likeness (QED) is 0.879. The van der Waals surface area contributed by atoms with E-state index in [0.717, 1.165) is 6.42 Å². The third-order valence-electron chi connectivity index (χ3n) is 2.63. The molecule has 1 aliphatic rings. The third-order valence-corrected chi connectivity index (χ3v) is 2.93. The lowest BCUT2D eigenvalue weighted by molar-refractivity contribution is -0.117. The molecule has 90 valence electrons. The molecule has 1 heterocycles. The first kappa shape index (κ1) is 11.9. The fourth-order valence-electron chi connectivity index (χ4n) is 1.91. The Morgan fingerprint density at radius 3 is 2.76 bits per heavy atom. The standard InChI is InChI=1S/C12H13ClN2O2/c1-8(16)14-9-4-5-11(10(13)7-9)15-6-2-3-12(15)17/h4-5,7H,2-3,6H2,1H3,(H,14,16). The number of halogens is 1. The van der Waals surface area contributed by atoms with Crippen LogP contribution in [0.15, 0.2) is 18.2 Å². The van der Waals surface area contributed by atoms with E-state index in [1.807, 2.05) is 0 Å². The number of carbonyl (C=O) groups is 2. The molecular formula is C12H13ClN2O2. The number of hydrogen-bond donors (Lipinski definition) is 1. The average Bonchev–Trinajstić information content (AvgIpc) is 2.64. The van der Waals surface area contributed by atoms with Gasteiger partial charge in [0, 0.05) is 25.6 Å². The van der Waals surface area contributed by atoms with Crippen LogP contribution in [0.5, 0.6) is 0 Å². The molecule has 0 unspecified atom stereocenters. The zero-order valence-corrected chi connectivity index (χ0v) is 10.3. The summed E-state index contributed by atoms with van der Waals surface area (Å²) < 4.78 is 0. The lowest BCUT2D eigenvalue weighted by Crippen LogP contribution is -2.24. The SMILES string of the molecule is CC(=O)Nc1ccc(N2CCCC2=O)c(Cl)c1. The number of anilines is 2. The topological polar surface area (TPSA) is 49.4 Å². The summed E-state index contributed by atoms with van der Waals surface area (Å²) in [7, 11) is 0. The molecule has 2 rings (SSSR count). The number of hydrogen-bond acceptors (Lipinski definition) is 2. The van der Waals surface area contributed by atoms with Crippen molar-refractivity contribution < 1.29 is 9.59 Å². The molecule has 4 nitrogen and oxygen atoms in total. The normalized spacial score (nSPS) is 15.2. The van der Waals surface area contributed by atoms with Gasteiger partial charge in [-0.1, -0.05) is 11.6 Å². The fraction of sp³-hybridized carbons (Fsp3) is 0.333. The predicted molar refractivity (Wildman–Crippen MR) is 67.3 cm³/mol. The average molecular weight is 253 g/mol. The maximum absolute atomic E-state index is 11.6. The molecule has 1 aliphatic heterocycles. The monoisotopic (exact) mass is 252 g/mol. The Labute approximate surface area is 105 Å². The predicted octanol–water partition coefficient (Wildman–Crippen LogP) is 2.43. The first-order valence-corrected chi connectivity index (χ1v) is 5.83. The number of rotatable bonds is 2. The second-order valence-electron chi connectivity index (χ2n) is 4.00. The van der Waals surface area contributed by atoms with E-state index in [0.29, 0.717) is 29.4 Å². The van der Waals surface area contributed by atoms with Gasteiger partial charge >= 0.3 is 0 Å². The Bertz CT molecular complexity index is 474. The zero-order valence-electron chi connectivity index (χ0n) is 9.50. The Morgan fingerprint density at radius 1 is 1.47 bits per heavy atom. The second-order valence-corrected chi connectivity index (χ2v) is 4.40. The Hall–Kier alpha value is -1.55. The van der Waals surface area contributed by atoms with E-state index in [2.05, 4.69) is 5.32 Å². The van der Waals surface area contributed by atoms with Crippen molar-refractivity contribution in [3.05, 3.63) is 23.2 Å². The lowest BCUT2D eigenvalue weighted by atomic mass is 10.2. The van der Waals surface area contributed by atoms with Gasteiger partial charge in [0.2, 0.25) is 11.8 Å². The van der Waals surface area contributed by atoms with Crippen molar-refractivity contribution >= 4 is 34.8 Å².